The summed E-state index contributed by atoms with van der Waals surface area (Å²) in [5.74, 6) is 3.41. The van der Waals surface area contributed by atoms with Gasteiger partial charge in [0.1, 0.15) is 23.9 Å². The highest BCUT2D eigenvalue weighted by molar-refractivity contribution is 5.50. The normalized spacial score (nSPS) is 21.5. The van der Waals surface area contributed by atoms with E-state index in [1.807, 2.05) is 13.8 Å². The third-order valence-corrected chi connectivity index (χ3v) is 7.91. The molecule has 1 heterocycles. The van der Waals surface area contributed by atoms with E-state index in [1.165, 1.54) is 16.8 Å². The van der Waals surface area contributed by atoms with E-state index in [-0.39, 0.29) is 6.04 Å². The number of nitrogens with zero attached hydrogens (tertiary/aromatic N) is 1. The number of benzene rings is 1. The van der Waals surface area contributed by atoms with Gasteiger partial charge in [-0.25, -0.2) is 0 Å². The Labute approximate surface area is 253 Å². The van der Waals surface area contributed by atoms with Crippen molar-refractivity contribution in [2.24, 2.45) is 5.92 Å². The van der Waals surface area contributed by atoms with Crippen molar-refractivity contribution in [3.05, 3.63) is 95.5 Å². The number of rotatable bonds is 13. The van der Waals surface area contributed by atoms with Crippen LogP contribution in [0.4, 0.5) is 5.69 Å². The largest absolute Gasteiger partial charge is 0.497 e. The van der Waals surface area contributed by atoms with Gasteiger partial charge in [-0.2, -0.15) is 0 Å². The second-order valence-corrected chi connectivity index (χ2v) is 10.7. The summed E-state index contributed by atoms with van der Waals surface area (Å²) in [5, 5.41) is 3.54. The fourth-order valence-electron chi connectivity index (χ4n) is 5.70. The molecule has 0 radical (unpaired) electrons. The Hall–Kier alpha value is -3.22. The summed E-state index contributed by atoms with van der Waals surface area (Å²) in [5.41, 5.74) is 3.82. The summed E-state index contributed by atoms with van der Waals surface area (Å²) in [6, 6.07) is 8.76. The maximum Gasteiger partial charge on any atom is 0.119 e. The lowest BCUT2D eigenvalue weighted by Crippen LogP contribution is -2.53. The van der Waals surface area contributed by atoms with E-state index in [1.54, 1.807) is 7.11 Å². The van der Waals surface area contributed by atoms with Gasteiger partial charge >= 0.3 is 0 Å². The topological polar surface area (TPSA) is 52.2 Å². The minimum absolute atomic E-state index is 0.276. The molecule has 0 saturated carbocycles. The molecule has 5 rings (SSSR count). The third-order valence-electron chi connectivity index (χ3n) is 7.91. The number of hydrogen-bond acceptors (Lipinski definition) is 6. The first kappa shape index (κ1) is 31.7. The van der Waals surface area contributed by atoms with E-state index in [2.05, 4.69) is 83.1 Å². The summed E-state index contributed by atoms with van der Waals surface area (Å²) in [6.07, 6.45) is 23.8. The molecule has 1 aliphatic heterocycles. The van der Waals surface area contributed by atoms with Crippen LogP contribution in [0.25, 0.3) is 0 Å². The fourth-order valence-corrected chi connectivity index (χ4v) is 5.70. The van der Waals surface area contributed by atoms with E-state index in [0.29, 0.717) is 32.3 Å². The highest BCUT2D eigenvalue weighted by Gasteiger charge is 2.24. The molecule has 2 atom stereocenters. The number of allylic oxidation sites excluding steroid dienone is 10. The molecule has 0 spiro atoms. The van der Waals surface area contributed by atoms with Gasteiger partial charge in [-0.3, -0.25) is 0 Å². The van der Waals surface area contributed by atoms with Gasteiger partial charge in [0.25, 0.3) is 0 Å². The summed E-state index contributed by atoms with van der Waals surface area (Å²) >= 11 is 0. The smallest absolute Gasteiger partial charge is 0.119 e. The number of hydrogen-bond donors (Lipinski definition) is 1. The molecule has 42 heavy (non-hydrogen) atoms. The van der Waals surface area contributed by atoms with E-state index in [9.17, 15) is 0 Å². The summed E-state index contributed by atoms with van der Waals surface area (Å²) in [4.78, 5) is 2.45. The van der Waals surface area contributed by atoms with Crippen LogP contribution < -0.4 is 15.0 Å². The minimum atomic E-state index is 0.276. The van der Waals surface area contributed by atoms with Crippen LogP contribution >= 0.6 is 0 Å². The molecule has 1 N–H and O–H groups in total. The molecule has 3 aliphatic carbocycles. The standard InChI is InChI=1S/C34H44N2O4.C2H6/c1-37-34-13-5-4-9-28(34)18-23-38-21-7-22-39-32-16-14-30(15-17-32)36-20-19-35-25-31(36)26-40-33-12-6-11-27-8-2-3-10-29(27)24-33;1-2/h2-3,8-10,12-17,24,27,31,35H,4-7,11,18-23,25-26H2,1H3;1-2H3/t27?,31-;/m1./s1. The van der Waals surface area contributed by atoms with Crippen molar-refractivity contribution < 1.29 is 18.9 Å². The van der Waals surface area contributed by atoms with Crippen LogP contribution in [-0.4, -0.2) is 59.2 Å². The quantitative estimate of drug-likeness (QED) is 0.250. The minimum Gasteiger partial charge on any atom is -0.497 e. The lowest BCUT2D eigenvalue weighted by atomic mass is 9.91. The Morgan fingerprint density at radius 1 is 0.929 bits per heavy atom. The average Bonchev–Trinajstić information content (AvgIpc) is 3.27. The number of fused-ring (bicyclic) bond motifs is 1. The Morgan fingerprint density at radius 2 is 1.79 bits per heavy atom. The molecule has 1 fully saturated rings. The third kappa shape index (κ3) is 9.40. The lowest BCUT2D eigenvalue weighted by Gasteiger charge is -2.38. The SMILES string of the molecule is CC.COC1=CCCC=C1CCOCCCOc1ccc(N2CCNC[C@@H]2COC2=CCCC3C=CC=CC3=C2)cc1. The lowest BCUT2D eigenvalue weighted by molar-refractivity contribution is 0.121. The molecule has 0 aromatic heterocycles. The maximum atomic E-state index is 6.36. The van der Waals surface area contributed by atoms with E-state index >= 15 is 0 Å². The molecule has 1 aromatic rings. The molecule has 0 bridgehead atoms. The predicted molar refractivity (Wildman–Crippen MR) is 173 cm³/mol. The van der Waals surface area contributed by atoms with Crippen molar-refractivity contribution in [1.29, 1.82) is 0 Å². The van der Waals surface area contributed by atoms with Gasteiger partial charge in [0, 0.05) is 44.3 Å². The maximum absolute atomic E-state index is 6.36. The number of nitrogens with one attached hydrogen (secondary N) is 1. The van der Waals surface area contributed by atoms with Gasteiger partial charge in [-0.1, -0.05) is 44.2 Å². The highest BCUT2D eigenvalue weighted by Crippen LogP contribution is 2.29. The van der Waals surface area contributed by atoms with Crippen LogP contribution in [0.1, 0.15) is 52.4 Å². The van der Waals surface area contributed by atoms with Crippen molar-refractivity contribution in [3.8, 4) is 5.75 Å². The Morgan fingerprint density at radius 3 is 2.64 bits per heavy atom. The zero-order valence-corrected chi connectivity index (χ0v) is 25.9. The van der Waals surface area contributed by atoms with Gasteiger partial charge in [-0.15, -0.1) is 0 Å². The Kier molecular flexibility index (Phi) is 13.3. The van der Waals surface area contributed by atoms with Crippen molar-refractivity contribution in [2.45, 2.75) is 58.4 Å². The van der Waals surface area contributed by atoms with E-state index < -0.39 is 0 Å². The van der Waals surface area contributed by atoms with E-state index in [0.717, 1.165) is 75.4 Å². The number of anilines is 1. The first-order valence-electron chi connectivity index (χ1n) is 15.9. The first-order chi connectivity index (χ1) is 20.8. The van der Waals surface area contributed by atoms with Gasteiger partial charge in [0.05, 0.1) is 26.4 Å². The molecule has 1 saturated heterocycles. The van der Waals surface area contributed by atoms with Crippen molar-refractivity contribution in [2.75, 3.05) is 58.1 Å². The molecule has 4 aliphatic rings. The van der Waals surface area contributed by atoms with E-state index in [4.69, 9.17) is 18.9 Å². The average molecular weight is 575 g/mol. The second kappa shape index (κ2) is 17.7. The molecular weight excluding hydrogens is 524 g/mol. The molecule has 1 aromatic carbocycles. The zero-order valence-electron chi connectivity index (χ0n) is 25.9. The van der Waals surface area contributed by atoms with Crippen LogP contribution in [0.15, 0.2) is 95.5 Å². The Balaban J connectivity index is 0.00000198. The highest BCUT2D eigenvalue weighted by atomic mass is 16.5. The van der Waals surface area contributed by atoms with Crippen LogP contribution in [0, 0.1) is 5.92 Å². The molecular formula is C36H50N2O4. The first-order valence-corrected chi connectivity index (χ1v) is 15.9. The predicted octanol–water partition coefficient (Wildman–Crippen LogP) is 7.28. The summed E-state index contributed by atoms with van der Waals surface area (Å²) in [6.45, 7) is 9.55. The molecule has 6 nitrogen and oxygen atoms in total. The molecule has 6 heteroatoms. The van der Waals surface area contributed by atoms with Crippen LogP contribution in [0.2, 0.25) is 0 Å². The van der Waals surface area contributed by atoms with Crippen molar-refractivity contribution in [3.63, 3.8) is 0 Å². The molecule has 228 valence electrons. The number of ether oxygens (including phenoxy) is 4. The number of methoxy groups -OCH3 is 1. The Bertz CT molecular complexity index is 1150. The molecule has 1 unspecified atom stereocenters. The number of piperazine rings is 1. The second-order valence-electron chi connectivity index (χ2n) is 10.7. The van der Waals surface area contributed by atoms with Gasteiger partial charge in [0.2, 0.25) is 0 Å². The molecule has 0 amide bonds. The summed E-state index contributed by atoms with van der Waals surface area (Å²) < 4.78 is 23.6. The van der Waals surface area contributed by atoms with Crippen molar-refractivity contribution in [1.82, 2.24) is 5.32 Å². The monoisotopic (exact) mass is 574 g/mol. The van der Waals surface area contributed by atoms with Gasteiger partial charge in [0.15, 0.2) is 0 Å². The van der Waals surface area contributed by atoms with Crippen LogP contribution in [0.5, 0.6) is 5.75 Å². The van der Waals surface area contributed by atoms with Crippen LogP contribution in [0.3, 0.4) is 0 Å². The van der Waals surface area contributed by atoms with Gasteiger partial charge in [-0.05, 0) is 85.7 Å². The summed E-state index contributed by atoms with van der Waals surface area (Å²) in [7, 11) is 1.74. The van der Waals surface area contributed by atoms with Gasteiger partial charge < -0.3 is 29.2 Å². The van der Waals surface area contributed by atoms with Crippen LogP contribution in [-0.2, 0) is 14.2 Å². The zero-order chi connectivity index (χ0) is 29.4. The van der Waals surface area contributed by atoms with Crippen molar-refractivity contribution >= 4 is 5.69 Å². The fraction of sp³-hybridized carbons (Fsp3) is 0.500.